The number of aromatic nitrogens is 5. The Morgan fingerprint density at radius 2 is 2.08 bits per heavy atom. The van der Waals surface area contributed by atoms with Gasteiger partial charge in [-0.3, -0.25) is 4.98 Å². The van der Waals surface area contributed by atoms with E-state index in [2.05, 4.69) is 29.0 Å². The third kappa shape index (κ3) is 3.04. The van der Waals surface area contributed by atoms with Crippen molar-refractivity contribution in [1.29, 1.82) is 0 Å². The zero-order chi connectivity index (χ0) is 16.4. The highest BCUT2D eigenvalue weighted by atomic mass is 35.5. The molecule has 4 aromatic rings. The normalized spacial score (nSPS) is 10.9. The average molecular weight is 355 g/mol. The number of benzene rings is 1. The first-order chi connectivity index (χ1) is 11.8. The maximum atomic E-state index is 5.97. The van der Waals surface area contributed by atoms with Gasteiger partial charge < -0.3 is 5.32 Å². The second-order valence-corrected chi connectivity index (χ2v) is 6.02. The van der Waals surface area contributed by atoms with Crippen molar-refractivity contribution in [1.82, 2.24) is 23.7 Å². The summed E-state index contributed by atoms with van der Waals surface area (Å²) in [6.07, 6.45) is 4.97. The van der Waals surface area contributed by atoms with Crippen molar-refractivity contribution >= 4 is 40.2 Å². The van der Waals surface area contributed by atoms with E-state index in [1.807, 2.05) is 24.3 Å². The molecule has 6 nitrogen and oxygen atoms in total. The fraction of sp³-hybridized carbons (Fsp3) is 0.0625. The van der Waals surface area contributed by atoms with E-state index in [0.717, 1.165) is 28.0 Å². The van der Waals surface area contributed by atoms with E-state index >= 15 is 0 Å². The number of halogens is 1. The summed E-state index contributed by atoms with van der Waals surface area (Å²) in [7, 11) is 0. The molecule has 4 rings (SSSR count). The number of anilines is 1. The Balaban J connectivity index is 1.57. The molecule has 0 saturated carbocycles. The highest BCUT2D eigenvalue weighted by molar-refractivity contribution is 7.00. The van der Waals surface area contributed by atoms with Crippen LogP contribution in [0.5, 0.6) is 0 Å². The van der Waals surface area contributed by atoms with E-state index in [-0.39, 0.29) is 0 Å². The summed E-state index contributed by atoms with van der Waals surface area (Å²) < 4.78 is 8.59. The lowest BCUT2D eigenvalue weighted by molar-refractivity contribution is 1.09. The fourth-order valence-electron chi connectivity index (χ4n) is 2.32. The molecule has 0 aliphatic heterocycles. The van der Waals surface area contributed by atoms with E-state index in [1.165, 1.54) is 11.7 Å². The predicted octanol–water partition coefficient (Wildman–Crippen LogP) is 3.81. The van der Waals surface area contributed by atoms with Crippen LogP contribution in [0.15, 0.2) is 48.9 Å². The number of nitrogens with one attached hydrogen (secondary N) is 1. The van der Waals surface area contributed by atoms with Gasteiger partial charge in [0.1, 0.15) is 16.9 Å². The smallest absolute Gasteiger partial charge is 0.163 e. The number of hydrogen-bond donors (Lipinski definition) is 1. The lowest BCUT2D eigenvalue weighted by atomic mass is 10.2. The van der Waals surface area contributed by atoms with Crippen LogP contribution in [0.25, 0.3) is 22.4 Å². The Bertz CT molecular complexity index is 1000. The molecule has 0 saturated heterocycles. The number of fused-ring (bicyclic) bond motifs is 1. The first-order valence-corrected chi connectivity index (χ1v) is 8.28. The monoisotopic (exact) mass is 354 g/mol. The second kappa shape index (κ2) is 6.46. The summed E-state index contributed by atoms with van der Waals surface area (Å²) in [5.41, 5.74) is 3.68. The van der Waals surface area contributed by atoms with Crippen LogP contribution in [0.3, 0.4) is 0 Å². The summed E-state index contributed by atoms with van der Waals surface area (Å²) in [5, 5.41) is 3.85. The zero-order valence-electron chi connectivity index (χ0n) is 12.3. The number of pyridine rings is 1. The van der Waals surface area contributed by atoms with Crippen LogP contribution in [-0.2, 0) is 6.54 Å². The molecule has 24 heavy (non-hydrogen) atoms. The third-order valence-electron chi connectivity index (χ3n) is 3.45. The van der Waals surface area contributed by atoms with Crippen LogP contribution in [-0.4, -0.2) is 23.7 Å². The molecule has 8 heteroatoms. The van der Waals surface area contributed by atoms with Gasteiger partial charge in [-0.15, -0.1) is 0 Å². The van der Waals surface area contributed by atoms with E-state index in [4.69, 9.17) is 11.6 Å². The van der Waals surface area contributed by atoms with Gasteiger partial charge in [-0.2, -0.15) is 8.75 Å². The SMILES string of the molecule is Clc1cncc(-c2nccc(NCc3cccc4nsnc34)n2)c1. The van der Waals surface area contributed by atoms with Gasteiger partial charge in [0.2, 0.25) is 0 Å². The molecule has 0 fully saturated rings. The minimum atomic E-state index is 0.553. The van der Waals surface area contributed by atoms with Gasteiger partial charge in [-0.05, 0) is 18.2 Å². The van der Waals surface area contributed by atoms with Crippen LogP contribution in [0.4, 0.5) is 5.82 Å². The van der Waals surface area contributed by atoms with Crippen molar-refractivity contribution in [3.05, 3.63) is 59.5 Å². The Hall–Kier alpha value is -2.64. The van der Waals surface area contributed by atoms with Crippen molar-refractivity contribution in [2.24, 2.45) is 0 Å². The minimum Gasteiger partial charge on any atom is -0.366 e. The Labute approximate surface area is 146 Å². The molecule has 118 valence electrons. The van der Waals surface area contributed by atoms with E-state index < -0.39 is 0 Å². The van der Waals surface area contributed by atoms with Crippen molar-refractivity contribution in [3.63, 3.8) is 0 Å². The maximum absolute atomic E-state index is 5.97. The number of hydrogen-bond acceptors (Lipinski definition) is 7. The topological polar surface area (TPSA) is 76.5 Å². The molecule has 0 bridgehead atoms. The Kier molecular flexibility index (Phi) is 4.02. The van der Waals surface area contributed by atoms with Crippen LogP contribution < -0.4 is 5.32 Å². The maximum Gasteiger partial charge on any atom is 0.163 e. The molecule has 0 aliphatic carbocycles. The van der Waals surface area contributed by atoms with Gasteiger partial charge in [-0.25, -0.2) is 9.97 Å². The molecule has 0 amide bonds. The second-order valence-electron chi connectivity index (χ2n) is 5.06. The van der Waals surface area contributed by atoms with Gasteiger partial charge in [0.15, 0.2) is 5.82 Å². The third-order valence-corrected chi connectivity index (χ3v) is 4.20. The van der Waals surface area contributed by atoms with Crippen LogP contribution in [0.2, 0.25) is 5.02 Å². The van der Waals surface area contributed by atoms with Crippen molar-refractivity contribution in [3.8, 4) is 11.4 Å². The quantitative estimate of drug-likeness (QED) is 0.600. The molecule has 1 N–H and O–H groups in total. The Morgan fingerprint density at radius 1 is 1.12 bits per heavy atom. The lowest BCUT2D eigenvalue weighted by Crippen LogP contribution is -2.03. The van der Waals surface area contributed by atoms with Gasteiger partial charge in [-0.1, -0.05) is 23.7 Å². The summed E-state index contributed by atoms with van der Waals surface area (Å²) in [6, 6.07) is 9.57. The van der Waals surface area contributed by atoms with Gasteiger partial charge in [0.05, 0.1) is 16.8 Å². The van der Waals surface area contributed by atoms with E-state index in [9.17, 15) is 0 Å². The van der Waals surface area contributed by atoms with Crippen molar-refractivity contribution < 1.29 is 0 Å². The molecule has 0 spiro atoms. The minimum absolute atomic E-state index is 0.553. The van der Waals surface area contributed by atoms with Crippen LogP contribution in [0.1, 0.15) is 5.56 Å². The molecule has 0 aliphatic rings. The van der Waals surface area contributed by atoms with Crippen LogP contribution in [0, 0.1) is 0 Å². The van der Waals surface area contributed by atoms with Gasteiger partial charge in [0, 0.05) is 36.3 Å². The largest absolute Gasteiger partial charge is 0.366 e. The summed E-state index contributed by atoms with van der Waals surface area (Å²) in [6.45, 7) is 0.604. The molecule has 3 heterocycles. The van der Waals surface area contributed by atoms with Gasteiger partial charge in [0.25, 0.3) is 0 Å². The molecule has 0 radical (unpaired) electrons. The first kappa shape index (κ1) is 14.9. The van der Waals surface area contributed by atoms with E-state index in [0.29, 0.717) is 17.4 Å². The number of nitrogens with zero attached hydrogens (tertiary/aromatic N) is 5. The van der Waals surface area contributed by atoms with Gasteiger partial charge >= 0.3 is 0 Å². The average Bonchev–Trinajstić information content (AvgIpc) is 3.09. The fourth-order valence-corrected chi connectivity index (χ4v) is 3.06. The van der Waals surface area contributed by atoms with Crippen molar-refractivity contribution in [2.45, 2.75) is 6.54 Å². The van der Waals surface area contributed by atoms with Crippen LogP contribution >= 0.6 is 23.3 Å². The molecular weight excluding hydrogens is 344 g/mol. The molecule has 0 unspecified atom stereocenters. The molecular formula is C16H11ClN6S. The molecule has 3 aromatic heterocycles. The van der Waals surface area contributed by atoms with E-state index in [1.54, 1.807) is 24.7 Å². The molecule has 1 aromatic carbocycles. The lowest BCUT2D eigenvalue weighted by Gasteiger charge is -2.07. The summed E-state index contributed by atoms with van der Waals surface area (Å²) in [5.74, 6) is 1.30. The predicted molar refractivity (Wildman–Crippen MR) is 95.0 cm³/mol. The first-order valence-electron chi connectivity index (χ1n) is 7.17. The Morgan fingerprint density at radius 3 is 3.00 bits per heavy atom. The highest BCUT2D eigenvalue weighted by Crippen LogP contribution is 2.20. The van der Waals surface area contributed by atoms with Crippen molar-refractivity contribution in [2.75, 3.05) is 5.32 Å². The standard InChI is InChI=1S/C16H11ClN6S/c17-12-6-11(7-18-9-12)16-19-5-4-14(21-16)20-8-10-2-1-3-13-15(10)23-24-22-13/h1-7,9H,8H2,(H,19,20,21). The number of rotatable bonds is 4. The zero-order valence-corrected chi connectivity index (χ0v) is 13.9. The highest BCUT2D eigenvalue weighted by Gasteiger charge is 2.07. The summed E-state index contributed by atoms with van der Waals surface area (Å²) >= 11 is 7.19. The molecule has 0 atom stereocenters. The summed E-state index contributed by atoms with van der Waals surface area (Å²) in [4.78, 5) is 12.9.